The summed E-state index contributed by atoms with van der Waals surface area (Å²) in [6.45, 7) is 13.4. The van der Waals surface area contributed by atoms with E-state index in [-0.39, 0.29) is 11.9 Å². The summed E-state index contributed by atoms with van der Waals surface area (Å²) in [5.41, 5.74) is 0.684. The normalized spacial score (nSPS) is 16.7. The minimum absolute atomic E-state index is 0.173. The summed E-state index contributed by atoms with van der Waals surface area (Å²) in [6, 6.07) is 12.2. The van der Waals surface area contributed by atoms with Crippen molar-refractivity contribution in [3.8, 4) is 0 Å². The molecule has 0 N–H and O–H groups in total. The third-order valence-electron chi connectivity index (χ3n) is 4.98. The standard InChI is InChI=1S/C25H33N3O4/c1-16-15-28(19-14-13-17-11-9-10-12-18(17)20(16)19)21(26-22(29)31-24(2,3)4)27(8)23(30)32-25(5,6)7/h9-14,16H,15H2,1-8H3. The summed E-state index contributed by atoms with van der Waals surface area (Å²) in [5.74, 6) is 0.348. The van der Waals surface area contributed by atoms with Crippen LogP contribution in [-0.2, 0) is 9.47 Å². The first kappa shape index (κ1) is 23.6. The number of hydrogen-bond acceptors (Lipinski definition) is 4. The number of amides is 2. The second kappa shape index (κ2) is 8.45. The van der Waals surface area contributed by atoms with Crippen molar-refractivity contribution in [2.24, 2.45) is 4.99 Å². The quantitative estimate of drug-likeness (QED) is 0.376. The largest absolute Gasteiger partial charge is 0.443 e. The Balaban J connectivity index is 2.08. The first-order chi connectivity index (χ1) is 14.8. The van der Waals surface area contributed by atoms with Crippen molar-refractivity contribution in [3.05, 3.63) is 42.0 Å². The molecule has 0 radical (unpaired) electrons. The van der Waals surface area contributed by atoms with Crippen molar-refractivity contribution >= 4 is 34.6 Å². The van der Waals surface area contributed by atoms with Gasteiger partial charge in [-0.1, -0.05) is 37.3 Å². The van der Waals surface area contributed by atoms with Crippen LogP contribution in [0.25, 0.3) is 10.8 Å². The number of ether oxygens (including phenoxy) is 2. The minimum atomic E-state index is -0.759. The van der Waals surface area contributed by atoms with E-state index in [4.69, 9.17) is 9.47 Å². The number of fused-ring (bicyclic) bond motifs is 3. The molecule has 1 aliphatic rings. The molecular formula is C25H33N3O4. The number of rotatable bonds is 0. The van der Waals surface area contributed by atoms with Crippen LogP contribution in [0, 0.1) is 0 Å². The van der Waals surface area contributed by atoms with Crippen LogP contribution in [0.2, 0.25) is 0 Å². The van der Waals surface area contributed by atoms with Crippen LogP contribution in [0.3, 0.4) is 0 Å². The van der Waals surface area contributed by atoms with Crippen LogP contribution in [-0.4, -0.2) is 47.8 Å². The van der Waals surface area contributed by atoms with E-state index < -0.39 is 23.4 Å². The molecule has 1 unspecified atom stereocenters. The number of guanidine groups is 1. The maximum Gasteiger partial charge on any atom is 0.437 e. The third kappa shape index (κ3) is 5.21. The van der Waals surface area contributed by atoms with Gasteiger partial charge in [0.25, 0.3) is 0 Å². The molecule has 7 heteroatoms. The highest BCUT2D eigenvalue weighted by molar-refractivity contribution is 6.10. The molecule has 2 amide bonds. The molecule has 7 nitrogen and oxygen atoms in total. The van der Waals surface area contributed by atoms with Gasteiger partial charge in [-0.2, -0.15) is 0 Å². The molecule has 3 rings (SSSR count). The molecule has 1 heterocycles. The van der Waals surface area contributed by atoms with Gasteiger partial charge in [0.15, 0.2) is 0 Å². The Labute approximate surface area is 190 Å². The van der Waals surface area contributed by atoms with Crippen molar-refractivity contribution in [1.82, 2.24) is 4.90 Å². The van der Waals surface area contributed by atoms with Crippen molar-refractivity contribution < 1.29 is 19.1 Å². The average molecular weight is 440 g/mol. The van der Waals surface area contributed by atoms with Gasteiger partial charge >= 0.3 is 12.2 Å². The van der Waals surface area contributed by atoms with Crippen molar-refractivity contribution in [2.45, 2.75) is 65.6 Å². The Morgan fingerprint density at radius 2 is 1.62 bits per heavy atom. The van der Waals surface area contributed by atoms with E-state index in [1.54, 1.807) is 48.6 Å². The molecule has 2 aromatic carbocycles. The Bertz CT molecular complexity index is 1060. The number of hydrogen-bond donors (Lipinski definition) is 0. The molecule has 0 saturated heterocycles. The predicted octanol–water partition coefficient (Wildman–Crippen LogP) is 5.92. The van der Waals surface area contributed by atoms with Gasteiger partial charge in [0, 0.05) is 25.2 Å². The van der Waals surface area contributed by atoms with Crippen molar-refractivity contribution in [1.29, 1.82) is 0 Å². The molecule has 0 bridgehead atoms. The van der Waals surface area contributed by atoms with Crippen LogP contribution < -0.4 is 4.90 Å². The van der Waals surface area contributed by atoms with Gasteiger partial charge in [-0.15, -0.1) is 4.99 Å². The number of benzene rings is 2. The smallest absolute Gasteiger partial charge is 0.437 e. The number of anilines is 1. The molecular weight excluding hydrogens is 406 g/mol. The van der Waals surface area contributed by atoms with E-state index in [2.05, 4.69) is 24.0 Å². The number of nitrogens with zero attached hydrogens (tertiary/aromatic N) is 3. The Kier molecular flexibility index (Phi) is 6.22. The van der Waals surface area contributed by atoms with Crippen LogP contribution in [0.5, 0.6) is 0 Å². The molecule has 0 aliphatic carbocycles. The zero-order chi connectivity index (χ0) is 23.8. The maximum atomic E-state index is 12.9. The topological polar surface area (TPSA) is 71.4 Å². The first-order valence-electron chi connectivity index (χ1n) is 10.8. The number of carbonyl (C=O) groups is 2. The fourth-order valence-electron chi connectivity index (χ4n) is 3.79. The lowest BCUT2D eigenvalue weighted by molar-refractivity contribution is 0.0398. The van der Waals surface area contributed by atoms with E-state index in [9.17, 15) is 9.59 Å². The molecule has 2 aromatic rings. The van der Waals surface area contributed by atoms with Gasteiger partial charge in [0.2, 0.25) is 5.96 Å². The van der Waals surface area contributed by atoms with E-state index >= 15 is 0 Å². The van der Waals surface area contributed by atoms with E-state index in [1.165, 1.54) is 4.90 Å². The second-order valence-corrected chi connectivity index (χ2v) is 10.2. The Hall–Kier alpha value is -3.09. The van der Waals surface area contributed by atoms with Crippen LogP contribution >= 0.6 is 0 Å². The highest BCUT2D eigenvalue weighted by atomic mass is 16.6. The van der Waals surface area contributed by atoms with Gasteiger partial charge in [0.05, 0.1) is 0 Å². The van der Waals surface area contributed by atoms with Gasteiger partial charge in [-0.25, -0.2) is 14.5 Å². The number of carbonyl (C=O) groups excluding carboxylic acids is 2. The SMILES string of the molecule is CC1CN(C(=NC(=O)OC(C)(C)C)N(C)C(=O)OC(C)(C)C)c2ccc3ccccc3c21. The molecule has 32 heavy (non-hydrogen) atoms. The lowest BCUT2D eigenvalue weighted by Crippen LogP contribution is -2.47. The van der Waals surface area contributed by atoms with Gasteiger partial charge in [-0.3, -0.25) is 0 Å². The van der Waals surface area contributed by atoms with E-state index in [1.807, 2.05) is 29.2 Å². The fraction of sp³-hybridized carbons (Fsp3) is 0.480. The lowest BCUT2D eigenvalue weighted by Gasteiger charge is -2.30. The van der Waals surface area contributed by atoms with E-state index in [0.717, 1.165) is 22.0 Å². The summed E-state index contributed by atoms with van der Waals surface area (Å²) < 4.78 is 10.9. The monoisotopic (exact) mass is 439 g/mol. The first-order valence-corrected chi connectivity index (χ1v) is 10.8. The highest BCUT2D eigenvalue weighted by Crippen LogP contribution is 2.41. The Morgan fingerprint density at radius 1 is 1.00 bits per heavy atom. The summed E-state index contributed by atoms with van der Waals surface area (Å²) >= 11 is 0. The van der Waals surface area contributed by atoms with Crippen LogP contribution in [0.15, 0.2) is 41.4 Å². The van der Waals surface area contributed by atoms with Gasteiger partial charge in [-0.05, 0) is 63.9 Å². The minimum Gasteiger partial charge on any atom is -0.443 e. The van der Waals surface area contributed by atoms with Crippen LogP contribution in [0.1, 0.15) is 59.9 Å². The van der Waals surface area contributed by atoms with Gasteiger partial charge in [0.1, 0.15) is 11.2 Å². The van der Waals surface area contributed by atoms with E-state index in [0.29, 0.717) is 6.54 Å². The molecule has 0 saturated carbocycles. The predicted molar refractivity (Wildman–Crippen MR) is 127 cm³/mol. The molecule has 172 valence electrons. The fourth-order valence-corrected chi connectivity index (χ4v) is 3.79. The second-order valence-electron chi connectivity index (χ2n) is 10.2. The summed E-state index contributed by atoms with van der Waals surface area (Å²) in [4.78, 5) is 32.9. The zero-order valence-corrected chi connectivity index (χ0v) is 20.2. The molecule has 1 aliphatic heterocycles. The summed E-state index contributed by atoms with van der Waals surface area (Å²) in [7, 11) is 1.56. The molecule has 0 spiro atoms. The molecule has 0 fully saturated rings. The maximum absolute atomic E-state index is 12.9. The average Bonchev–Trinajstić information content (AvgIpc) is 2.99. The summed E-state index contributed by atoms with van der Waals surface area (Å²) in [6.07, 6.45) is -1.36. The Morgan fingerprint density at radius 3 is 2.25 bits per heavy atom. The third-order valence-corrected chi connectivity index (χ3v) is 4.98. The number of aliphatic imine (C=N–C) groups is 1. The van der Waals surface area contributed by atoms with Crippen molar-refractivity contribution in [3.63, 3.8) is 0 Å². The molecule has 1 atom stereocenters. The van der Waals surface area contributed by atoms with Crippen molar-refractivity contribution in [2.75, 3.05) is 18.5 Å². The van der Waals surface area contributed by atoms with Crippen LogP contribution in [0.4, 0.5) is 15.3 Å². The molecule has 0 aromatic heterocycles. The zero-order valence-electron chi connectivity index (χ0n) is 20.2. The van der Waals surface area contributed by atoms with Gasteiger partial charge < -0.3 is 14.4 Å². The summed E-state index contributed by atoms with van der Waals surface area (Å²) in [5, 5.41) is 2.29. The lowest BCUT2D eigenvalue weighted by atomic mass is 9.96. The highest BCUT2D eigenvalue weighted by Gasteiger charge is 2.35.